The van der Waals surface area contributed by atoms with Crippen molar-refractivity contribution >= 4 is 23.4 Å². The van der Waals surface area contributed by atoms with Gasteiger partial charge in [-0.2, -0.15) is 0 Å². The summed E-state index contributed by atoms with van der Waals surface area (Å²) in [4.78, 5) is 34.5. The van der Waals surface area contributed by atoms with Crippen LogP contribution in [0.3, 0.4) is 0 Å². The van der Waals surface area contributed by atoms with E-state index in [0.29, 0.717) is 11.3 Å². The van der Waals surface area contributed by atoms with Crippen LogP contribution in [-0.2, 0) is 4.79 Å². The van der Waals surface area contributed by atoms with Crippen LogP contribution in [0.15, 0.2) is 24.3 Å². The second kappa shape index (κ2) is 6.88. The smallest absolute Gasteiger partial charge is 0.319 e. The summed E-state index contributed by atoms with van der Waals surface area (Å²) in [6.07, 6.45) is 0. The van der Waals surface area contributed by atoms with Crippen LogP contribution >= 0.6 is 0 Å². The lowest BCUT2D eigenvalue weighted by Gasteiger charge is -2.20. The quantitative estimate of drug-likeness (QED) is 0.741. The molecule has 0 bridgehead atoms. The largest absolute Gasteiger partial charge is 0.350 e. The van der Waals surface area contributed by atoms with E-state index < -0.39 is 6.03 Å². The Bertz CT molecular complexity index is 547. The Balaban J connectivity index is 2.49. The van der Waals surface area contributed by atoms with Crippen LogP contribution in [0.2, 0.25) is 0 Å². The molecule has 0 heterocycles. The van der Waals surface area contributed by atoms with Crippen molar-refractivity contribution < 1.29 is 14.4 Å². The molecule has 3 amide bonds. The lowest BCUT2D eigenvalue weighted by molar-refractivity contribution is -0.121. The fourth-order valence-corrected chi connectivity index (χ4v) is 1.61. The molecule has 0 saturated carbocycles. The predicted octanol–water partition coefficient (Wildman–Crippen LogP) is 1.93. The highest BCUT2D eigenvalue weighted by molar-refractivity contribution is 5.97. The van der Waals surface area contributed by atoms with Crippen molar-refractivity contribution in [3.8, 4) is 0 Å². The van der Waals surface area contributed by atoms with Gasteiger partial charge >= 0.3 is 6.03 Å². The maximum absolute atomic E-state index is 11.7. The zero-order valence-electron chi connectivity index (χ0n) is 12.7. The first kappa shape index (κ1) is 16.7. The molecule has 1 aromatic carbocycles. The van der Waals surface area contributed by atoms with Crippen molar-refractivity contribution in [1.29, 1.82) is 0 Å². The van der Waals surface area contributed by atoms with Gasteiger partial charge in [0.05, 0.1) is 6.54 Å². The summed E-state index contributed by atoms with van der Waals surface area (Å²) in [5.41, 5.74) is 0.667. The third-order valence-corrected chi connectivity index (χ3v) is 2.45. The van der Waals surface area contributed by atoms with Gasteiger partial charge in [-0.25, -0.2) is 4.79 Å². The molecule has 0 fully saturated rings. The Morgan fingerprint density at radius 3 is 2.38 bits per heavy atom. The van der Waals surface area contributed by atoms with Crippen LogP contribution in [0.1, 0.15) is 38.1 Å². The number of hydrogen-bond acceptors (Lipinski definition) is 3. The third-order valence-electron chi connectivity index (χ3n) is 2.45. The van der Waals surface area contributed by atoms with Gasteiger partial charge in [0.15, 0.2) is 5.78 Å². The predicted molar refractivity (Wildman–Crippen MR) is 81.4 cm³/mol. The topological polar surface area (TPSA) is 87.3 Å². The minimum atomic E-state index is -0.500. The first-order valence-electron chi connectivity index (χ1n) is 6.64. The highest BCUT2D eigenvalue weighted by atomic mass is 16.2. The lowest BCUT2D eigenvalue weighted by Crippen LogP contribution is -2.46. The molecular weight excluding hydrogens is 270 g/mol. The lowest BCUT2D eigenvalue weighted by atomic mass is 10.1. The molecular formula is C15H21N3O3. The van der Waals surface area contributed by atoms with Crippen molar-refractivity contribution in [2.75, 3.05) is 11.9 Å². The second-order valence-corrected chi connectivity index (χ2v) is 5.74. The van der Waals surface area contributed by atoms with Gasteiger partial charge in [0.25, 0.3) is 0 Å². The summed E-state index contributed by atoms with van der Waals surface area (Å²) in [5, 5.41) is 7.76. The summed E-state index contributed by atoms with van der Waals surface area (Å²) in [6.45, 7) is 6.92. The van der Waals surface area contributed by atoms with Gasteiger partial charge < -0.3 is 16.0 Å². The third kappa shape index (κ3) is 6.56. The van der Waals surface area contributed by atoms with Crippen LogP contribution in [-0.4, -0.2) is 29.8 Å². The number of rotatable bonds is 4. The fraction of sp³-hybridized carbons (Fsp3) is 0.400. The summed E-state index contributed by atoms with van der Waals surface area (Å²) in [6, 6.07) is 6.10. The minimum absolute atomic E-state index is 0.0800. The van der Waals surface area contributed by atoms with Crippen molar-refractivity contribution in [3.05, 3.63) is 29.8 Å². The molecule has 3 N–H and O–H groups in total. The molecule has 6 heteroatoms. The van der Waals surface area contributed by atoms with Gasteiger partial charge in [0.2, 0.25) is 5.91 Å². The minimum Gasteiger partial charge on any atom is -0.350 e. The SMILES string of the molecule is CC(=O)c1cccc(NC(=O)NCC(=O)NC(C)(C)C)c1. The van der Waals surface area contributed by atoms with E-state index in [0.717, 1.165) is 0 Å². The number of hydrogen-bond donors (Lipinski definition) is 3. The van der Waals surface area contributed by atoms with Crippen LogP contribution in [0.25, 0.3) is 0 Å². The Hall–Kier alpha value is -2.37. The van der Waals surface area contributed by atoms with E-state index in [1.54, 1.807) is 24.3 Å². The Morgan fingerprint density at radius 1 is 1.14 bits per heavy atom. The molecule has 0 unspecified atom stereocenters. The second-order valence-electron chi connectivity index (χ2n) is 5.74. The van der Waals surface area contributed by atoms with E-state index in [2.05, 4.69) is 16.0 Å². The molecule has 21 heavy (non-hydrogen) atoms. The van der Waals surface area contributed by atoms with E-state index in [4.69, 9.17) is 0 Å². The number of carbonyl (C=O) groups is 3. The normalized spacial score (nSPS) is 10.7. The molecule has 6 nitrogen and oxygen atoms in total. The molecule has 0 aliphatic heterocycles. The van der Waals surface area contributed by atoms with Gasteiger partial charge in [-0.05, 0) is 39.8 Å². The highest BCUT2D eigenvalue weighted by Crippen LogP contribution is 2.10. The summed E-state index contributed by atoms with van der Waals surface area (Å²) in [5.74, 6) is -0.348. The zero-order valence-corrected chi connectivity index (χ0v) is 12.7. The Labute approximate surface area is 124 Å². The molecule has 0 aromatic heterocycles. The maximum Gasteiger partial charge on any atom is 0.319 e. The van der Waals surface area contributed by atoms with E-state index >= 15 is 0 Å². The van der Waals surface area contributed by atoms with Crippen molar-refractivity contribution in [3.63, 3.8) is 0 Å². The first-order chi connectivity index (χ1) is 9.67. The Morgan fingerprint density at radius 2 is 1.81 bits per heavy atom. The Kier molecular flexibility index (Phi) is 5.46. The summed E-state index contributed by atoms with van der Waals surface area (Å²) in [7, 11) is 0. The monoisotopic (exact) mass is 291 g/mol. The number of amides is 3. The number of anilines is 1. The van der Waals surface area contributed by atoms with Crippen LogP contribution in [0.5, 0.6) is 0 Å². The molecule has 1 rings (SSSR count). The number of urea groups is 1. The molecule has 0 aliphatic rings. The van der Waals surface area contributed by atoms with Crippen molar-refractivity contribution in [1.82, 2.24) is 10.6 Å². The first-order valence-corrected chi connectivity index (χ1v) is 6.64. The van der Waals surface area contributed by atoms with Gasteiger partial charge in [0, 0.05) is 16.8 Å². The van der Waals surface area contributed by atoms with Crippen LogP contribution in [0.4, 0.5) is 10.5 Å². The van der Waals surface area contributed by atoms with Gasteiger partial charge in [-0.15, -0.1) is 0 Å². The fourth-order valence-electron chi connectivity index (χ4n) is 1.61. The maximum atomic E-state index is 11.7. The number of Topliss-reactive ketones (excluding diaryl/α,β-unsaturated/α-hetero) is 1. The van der Waals surface area contributed by atoms with Crippen LogP contribution < -0.4 is 16.0 Å². The molecule has 1 aromatic rings. The van der Waals surface area contributed by atoms with E-state index in [-0.39, 0.29) is 23.8 Å². The molecule has 0 spiro atoms. The number of benzene rings is 1. The van der Waals surface area contributed by atoms with Gasteiger partial charge in [-0.3, -0.25) is 9.59 Å². The van der Waals surface area contributed by atoms with Crippen molar-refractivity contribution in [2.45, 2.75) is 33.2 Å². The van der Waals surface area contributed by atoms with Crippen molar-refractivity contribution in [2.24, 2.45) is 0 Å². The highest BCUT2D eigenvalue weighted by Gasteiger charge is 2.14. The molecule has 0 radical (unpaired) electrons. The average molecular weight is 291 g/mol. The molecule has 114 valence electrons. The van der Waals surface area contributed by atoms with E-state index in [9.17, 15) is 14.4 Å². The summed E-state index contributed by atoms with van der Waals surface area (Å²) < 4.78 is 0. The van der Waals surface area contributed by atoms with E-state index in [1.165, 1.54) is 6.92 Å². The number of nitrogens with one attached hydrogen (secondary N) is 3. The standard InChI is InChI=1S/C15H21N3O3/c1-10(19)11-6-5-7-12(8-11)17-14(21)16-9-13(20)18-15(2,3)4/h5-8H,9H2,1-4H3,(H,18,20)(H2,16,17,21). The zero-order chi connectivity index (χ0) is 16.0. The number of carbonyl (C=O) groups excluding carboxylic acids is 3. The van der Waals surface area contributed by atoms with Gasteiger partial charge in [-0.1, -0.05) is 12.1 Å². The summed E-state index contributed by atoms with van der Waals surface area (Å²) >= 11 is 0. The number of ketones is 1. The molecule has 0 atom stereocenters. The average Bonchev–Trinajstić information content (AvgIpc) is 2.34. The van der Waals surface area contributed by atoms with Gasteiger partial charge in [0.1, 0.15) is 0 Å². The molecule has 0 saturated heterocycles. The molecule has 0 aliphatic carbocycles. The van der Waals surface area contributed by atoms with Crippen LogP contribution in [0, 0.1) is 0 Å². The van der Waals surface area contributed by atoms with E-state index in [1.807, 2.05) is 20.8 Å².